The largest absolute Gasteiger partial charge is 0.370 e. The number of hydrogen-bond donors (Lipinski definition) is 2. The Bertz CT molecular complexity index is 1020. The number of carbonyl (C=O) groups excluding carboxylic acids is 1. The number of aliphatic imine (C=N–C) groups is 1. The molecule has 0 radical (unpaired) electrons. The van der Waals surface area contributed by atoms with Crippen LogP contribution in [0.2, 0.25) is 0 Å². The van der Waals surface area contributed by atoms with E-state index in [4.69, 9.17) is 11.5 Å². The van der Waals surface area contributed by atoms with Crippen molar-refractivity contribution in [3.8, 4) is 0 Å². The van der Waals surface area contributed by atoms with Crippen LogP contribution in [0.15, 0.2) is 50.0 Å². The van der Waals surface area contributed by atoms with Crippen LogP contribution in [0.5, 0.6) is 0 Å². The molecule has 2 aromatic carbocycles. The van der Waals surface area contributed by atoms with Crippen molar-refractivity contribution in [3.63, 3.8) is 0 Å². The number of nitrogens with two attached hydrogens (primary N) is 2. The summed E-state index contributed by atoms with van der Waals surface area (Å²) >= 11 is 1.36. The SMILES string of the molecule is CCc1cc(Sc2ccc(C)cc2C)c(S(C)(=O)=O)cc1C(=O)N=C(N)N. The van der Waals surface area contributed by atoms with Crippen molar-refractivity contribution in [2.75, 3.05) is 6.26 Å². The van der Waals surface area contributed by atoms with Gasteiger partial charge in [0.05, 0.1) is 4.90 Å². The fraction of sp³-hybridized carbons (Fsp3) is 0.263. The molecule has 6 nitrogen and oxygen atoms in total. The van der Waals surface area contributed by atoms with Crippen LogP contribution in [0.1, 0.15) is 34.0 Å². The molecule has 144 valence electrons. The first-order valence-corrected chi connectivity index (χ1v) is 11.0. The zero-order chi connectivity index (χ0) is 20.4. The van der Waals surface area contributed by atoms with Crippen molar-refractivity contribution in [1.29, 1.82) is 0 Å². The van der Waals surface area contributed by atoms with E-state index in [2.05, 4.69) is 4.99 Å². The van der Waals surface area contributed by atoms with E-state index < -0.39 is 15.7 Å². The van der Waals surface area contributed by atoms with Gasteiger partial charge in [-0.25, -0.2) is 8.42 Å². The third-order valence-electron chi connectivity index (χ3n) is 3.96. The monoisotopic (exact) mass is 405 g/mol. The Morgan fingerprint density at radius 1 is 1.11 bits per heavy atom. The molecule has 0 aromatic heterocycles. The standard InChI is InChI=1S/C19H23N3O3S2/c1-5-13-9-16(26-15-7-6-11(2)8-12(15)3)17(27(4,24)25)10-14(13)18(23)22-19(20)21/h6-10H,5H2,1-4H3,(H4,20,21,22,23). The van der Waals surface area contributed by atoms with Crippen LogP contribution in [0.3, 0.4) is 0 Å². The first kappa shape index (κ1) is 21.0. The molecule has 0 bridgehead atoms. The lowest BCUT2D eigenvalue weighted by Crippen LogP contribution is -2.24. The van der Waals surface area contributed by atoms with Gasteiger partial charge in [0.25, 0.3) is 5.91 Å². The highest BCUT2D eigenvalue weighted by atomic mass is 32.2. The summed E-state index contributed by atoms with van der Waals surface area (Å²) in [7, 11) is -3.57. The van der Waals surface area contributed by atoms with E-state index >= 15 is 0 Å². The van der Waals surface area contributed by atoms with Crippen LogP contribution < -0.4 is 11.5 Å². The van der Waals surface area contributed by atoms with Gasteiger partial charge in [-0.3, -0.25) is 4.79 Å². The fourth-order valence-electron chi connectivity index (χ4n) is 2.67. The van der Waals surface area contributed by atoms with Crippen LogP contribution in [0, 0.1) is 13.8 Å². The maximum atomic E-state index is 12.4. The van der Waals surface area contributed by atoms with Crippen molar-refractivity contribution in [2.24, 2.45) is 16.5 Å². The average molecular weight is 406 g/mol. The van der Waals surface area contributed by atoms with Gasteiger partial charge in [0.15, 0.2) is 15.8 Å². The molecule has 0 aliphatic rings. The molecule has 0 aliphatic carbocycles. The Morgan fingerprint density at radius 2 is 1.78 bits per heavy atom. The average Bonchev–Trinajstić information content (AvgIpc) is 2.55. The minimum Gasteiger partial charge on any atom is -0.370 e. The number of aryl methyl sites for hydroxylation is 3. The van der Waals surface area contributed by atoms with Crippen molar-refractivity contribution in [2.45, 2.75) is 41.9 Å². The second kappa shape index (κ2) is 8.14. The number of carbonyl (C=O) groups is 1. The second-order valence-corrected chi connectivity index (χ2v) is 9.36. The van der Waals surface area contributed by atoms with Crippen LogP contribution in [-0.4, -0.2) is 26.5 Å². The van der Waals surface area contributed by atoms with Gasteiger partial charge in [0.1, 0.15) is 0 Å². The van der Waals surface area contributed by atoms with Crippen molar-refractivity contribution in [1.82, 2.24) is 0 Å². The first-order chi connectivity index (χ1) is 12.5. The summed E-state index contributed by atoms with van der Waals surface area (Å²) < 4.78 is 24.7. The predicted octanol–water partition coefficient (Wildman–Crippen LogP) is 2.83. The number of sulfone groups is 1. The topological polar surface area (TPSA) is 116 Å². The molecule has 4 N–H and O–H groups in total. The van der Waals surface area contributed by atoms with Gasteiger partial charge in [-0.1, -0.05) is 36.4 Å². The van der Waals surface area contributed by atoms with Crippen LogP contribution >= 0.6 is 11.8 Å². The number of hydrogen-bond acceptors (Lipinski definition) is 4. The summed E-state index contributed by atoms with van der Waals surface area (Å²) in [5.74, 6) is -1.02. The Labute approximate surface area is 164 Å². The van der Waals surface area contributed by atoms with Gasteiger partial charge in [-0.2, -0.15) is 4.99 Å². The zero-order valence-electron chi connectivity index (χ0n) is 15.7. The molecular formula is C19H23N3O3S2. The van der Waals surface area contributed by atoms with E-state index in [1.165, 1.54) is 17.8 Å². The van der Waals surface area contributed by atoms with Gasteiger partial charge in [-0.05, 0) is 49.6 Å². The van der Waals surface area contributed by atoms with E-state index in [9.17, 15) is 13.2 Å². The van der Waals surface area contributed by atoms with Crippen LogP contribution in [-0.2, 0) is 16.3 Å². The number of benzene rings is 2. The van der Waals surface area contributed by atoms with E-state index in [-0.39, 0.29) is 16.4 Å². The minimum atomic E-state index is -3.57. The molecule has 0 atom stereocenters. The zero-order valence-corrected chi connectivity index (χ0v) is 17.4. The van der Waals surface area contributed by atoms with Gasteiger partial charge in [0, 0.05) is 21.6 Å². The van der Waals surface area contributed by atoms with E-state index in [0.717, 1.165) is 22.3 Å². The summed E-state index contributed by atoms with van der Waals surface area (Å²) in [6, 6.07) is 9.09. The highest BCUT2D eigenvalue weighted by molar-refractivity contribution is 8.00. The van der Waals surface area contributed by atoms with Gasteiger partial charge >= 0.3 is 0 Å². The minimum absolute atomic E-state index is 0.0822. The molecule has 0 heterocycles. The van der Waals surface area contributed by atoms with Crippen LogP contribution in [0.25, 0.3) is 0 Å². The van der Waals surface area contributed by atoms with Crippen molar-refractivity contribution in [3.05, 3.63) is 52.6 Å². The lowest BCUT2D eigenvalue weighted by Gasteiger charge is -2.14. The molecule has 0 saturated carbocycles. The normalized spacial score (nSPS) is 11.3. The summed E-state index contributed by atoms with van der Waals surface area (Å²) in [6.45, 7) is 5.86. The number of rotatable bonds is 5. The molecule has 0 saturated heterocycles. The first-order valence-electron chi connectivity index (χ1n) is 8.29. The smallest absolute Gasteiger partial charge is 0.280 e. The molecule has 2 rings (SSSR count). The molecule has 0 unspecified atom stereocenters. The Kier molecular flexibility index (Phi) is 6.33. The molecule has 0 spiro atoms. The Balaban J connectivity index is 2.66. The molecular weight excluding hydrogens is 382 g/mol. The summed E-state index contributed by atoms with van der Waals surface area (Å²) in [5, 5.41) is 0. The van der Waals surface area contributed by atoms with Crippen LogP contribution in [0.4, 0.5) is 0 Å². The highest BCUT2D eigenvalue weighted by Gasteiger charge is 2.21. The maximum Gasteiger partial charge on any atom is 0.280 e. The number of guanidine groups is 1. The summed E-state index contributed by atoms with van der Waals surface area (Å²) in [5.41, 5.74) is 13.6. The number of amides is 1. The summed E-state index contributed by atoms with van der Waals surface area (Å²) in [4.78, 5) is 17.5. The summed E-state index contributed by atoms with van der Waals surface area (Å²) in [6.07, 6.45) is 1.65. The maximum absolute atomic E-state index is 12.4. The highest BCUT2D eigenvalue weighted by Crippen LogP contribution is 2.37. The fourth-order valence-corrected chi connectivity index (χ4v) is 4.96. The van der Waals surface area contributed by atoms with Crippen molar-refractivity contribution >= 4 is 33.5 Å². The molecule has 8 heteroatoms. The lowest BCUT2D eigenvalue weighted by molar-refractivity contribution is 0.100. The molecule has 1 amide bonds. The quantitative estimate of drug-likeness (QED) is 0.584. The van der Waals surface area contributed by atoms with E-state index in [1.54, 1.807) is 6.07 Å². The molecule has 27 heavy (non-hydrogen) atoms. The molecule has 0 fully saturated rings. The lowest BCUT2D eigenvalue weighted by atomic mass is 10.0. The predicted molar refractivity (Wildman–Crippen MR) is 109 cm³/mol. The van der Waals surface area contributed by atoms with Gasteiger partial charge in [-0.15, -0.1) is 0 Å². The third kappa shape index (κ3) is 5.11. The third-order valence-corrected chi connectivity index (χ3v) is 6.46. The van der Waals surface area contributed by atoms with E-state index in [0.29, 0.717) is 16.9 Å². The van der Waals surface area contributed by atoms with Gasteiger partial charge in [0.2, 0.25) is 0 Å². The second-order valence-electron chi connectivity index (χ2n) is 6.29. The Morgan fingerprint density at radius 3 is 2.30 bits per heavy atom. The molecule has 2 aromatic rings. The van der Waals surface area contributed by atoms with Crippen molar-refractivity contribution < 1.29 is 13.2 Å². The number of nitrogens with zero attached hydrogens (tertiary/aromatic N) is 1. The van der Waals surface area contributed by atoms with Gasteiger partial charge < -0.3 is 11.5 Å². The molecule has 0 aliphatic heterocycles. The van der Waals surface area contributed by atoms with E-state index in [1.807, 2.05) is 39.0 Å². The Hall–Kier alpha value is -2.32.